The van der Waals surface area contributed by atoms with E-state index in [0.29, 0.717) is 12.5 Å². The van der Waals surface area contributed by atoms with Gasteiger partial charge < -0.3 is 15.3 Å². The third-order valence-electron chi connectivity index (χ3n) is 2.58. The van der Waals surface area contributed by atoms with Gasteiger partial charge in [0.25, 0.3) is 0 Å². The molecule has 0 bridgehead atoms. The Morgan fingerprint density at radius 2 is 2.35 bits per heavy atom. The molecule has 1 rings (SSSR count). The minimum absolute atomic E-state index is 0.136. The third-order valence-corrected chi connectivity index (χ3v) is 3.43. The van der Waals surface area contributed by atoms with E-state index in [2.05, 4.69) is 22.1 Å². The molecule has 0 fully saturated rings. The highest BCUT2D eigenvalue weighted by molar-refractivity contribution is 7.13. The van der Waals surface area contributed by atoms with E-state index in [4.69, 9.17) is 5.11 Å². The standard InChI is InChI=1S/C11H19N3O2S/c1-8(14(2)3)6-12-11-13-9(7-17-11)4-5-10(15)16/h7-8H,4-6H2,1-3H3,(H,12,13)(H,15,16). The van der Waals surface area contributed by atoms with E-state index in [-0.39, 0.29) is 6.42 Å². The van der Waals surface area contributed by atoms with E-state index >= 15 is 0 Å². The number of nitrogens with zero attached hydrogens (tertiary/aromatic N) is 2. The number of likely N-dealkylation sites (N-methyl/N-ethyl adjacent to an activating group) is 1. The Morgan fingerprint density at radius 1 is 1.65 bits per heavy atom. The second-order valence-electron chi connectivity index (χ2n) is 4.23. The zero-order chi connectivity index (χ0) is 12.8. The van der Waals surface area contributed by atoms with Gasteiger partial charge in [-0.3, -0.25) is 4.79 Å². The monoisotopic (exact) mass is 257 g/mol. The predicted molar refractivity (Wildman–Crippen MR) is 69.7 cm³/mol. The first-order chi connectivity index (χ1) is 7.99. The molecule has 1 aromatic rings. The van der Waals surface area contributed by atoms with E-state index in [1.807, 2.05) is 19.5 Å². The molecule has 0 radical (unpaired) electrons. The van der Waals surface area contributed by atoms with Crippen molar-refractivity contribution in [3.05, 3.63) is 11.1 Å². The Balaban J connectivity index is 2.38. The minimum Gasteiger partial charge on any atom is -0.481 e. The molecule has 1 unspecified atom stereocenters. The summed E-state index contributed by atoms with van der Waals surface area (Å²) in [6.45, 7) is 2.96. The van der Waals surface area contributed by atoms with Gasteiger partial charge in [-0.1, -0.05) is 0 Å². The summed E-state index contributed by atoms with van der Waals surface area (Å²) in [5, 5.41) is 14.6. The lowest BCUT2D eigenvalue weighted by molar-refractivity contribution is -0.136. The molecule has 1 heterocycles. The number of hydrogen-bond donors (Lipinski definition) is 2. The second kappa shape index (κ2) is 6.56. The van der Waals surface area contributed by atoms with Crippen molar-refractivity contribution in [1.29, 1.82) is 0 Å². The Bertz CT molecular complexity index is 365. The van der Waals surface area contributed by atoms with Crippen LogP contribution in [0, 0.1) is 0 Å². The van der Waals surface area contributed by atoms with Crippen LogP contribution < -0.4 is 5.32 Å². The van der Waals surface area contributed by atoms with Gasteiger partial charge in [-0.15, -0.1) is 11.3 Å². The van der Waals surface area contributed by atoms with Crippen molar-refractivity contribution < 1.29 is 9.90 Å². The van der Waals surface area contributed by atoms with Gasteiger partial charge in [0.15, 0.2) is 5.13 Å². The van der Waals surface area contributed by atoms with Crippen LogP contribution in [0.1, 0.15) is 19.0 Å². The van der Waals surface area contributed by atoms with Crippen molar-refractivity contribution in [3.8, 4) is 0 Å². The quantitative estimate of drug-likeness (QED) is 0.775. The van der Waals surface area contributed by atoms with Crippen LogP contribution in [0.5, 0.6) is 0 Å². The van der Waals surface area contributed by atoms with Crippen molar-refractivity contribution in [2.24, 2.45) is 0 Å². The smallest absolute Gasteiger partial charge is 0.303 e. The molecular weight excluding hydrogens is 238 g/mol. The molecule has 5 nitrogen and oxygen atoms in total. The fraction of sp³-hybridized carbons (Fsp3) is 0.636. The molecular formula is C11H19N3O2S. The number of thiazole rings is 1. The molecule has 6 heteroatoms. The van der Waals surface area contributed by atoms with Crippen molar-refractivity contribution in [3.63, 3.8) is 0 Å². The van der Waals surface area contributed by atoms with Crippen LogP contribution in [0.2, 0.25) is 0 Å². The largest absolute Gasteiger partial charge is 0.481 e. The van der Waals surface area contributed by atoms with Gasteiger partial charge in [0.05, 0.1) is 12.1 Å². The lowest BCUT2D eigenvalue weighted by Crippen LogP contribution is -2.31. The number of anilines is 1. The van der Waals surface area contributed by atoms with Crippen molar-refractivity contribution in [2.45, 2.75) is 25.8 Å². The second-order valence-corrected chi connectivity index (χ2v) is 5.09. The van der Waals surface area contributed by atoms with Gasteiger partial charge in [0.2, 0.25) is 0 Å². The molecule has 2 N–H and O–H groups in total. The summed E-state index contributed by atoms with van der Waals surface area (Å²) >= 11 is 1.52. The molecule has 0 aliphatic rings. The molecule has 0 aliphatic heterocycles. The highest BCUT2D eigenvalue weighted by atomic mass is 32.1. The number of hydrogen-bond acceptors (Lipinski definition) is 5. The molecule has 1 aromatic heterocycles. The zero-order valence-electron chi connectivity index (χ0n) is 10.4. The van der Waals surface area contributed by atoms with Crippen molar-refractivity contribution in [1.82, 2.24) is 9.88 Å². The number of aliphatic carboxylic acids is 1. The van der Waals surface area contributed by atoms with Gasteiger partial charge in [0.1, 0.15) is 0 Å². The average molecular weight is 257 g/mol. The predicted octanol–water partition coefficient (Wildman–Crippen LogP) is 1.52. The molecule has 17 heavy (non-hydrogen) atoms. The van der Waals surface area contributed by atoms with Crippen LogP contribution in [0.25, 0.3) is 0 Å². The molecule has 0 spiro atoms. The van der Waals surface area contributed by atoms with Crippen LogP contribution in [0.3, 0.4) is 0 Å². The van der Waals surface area contributed by atoms with Crippen LogP contribution in [-0.2, 0) is 11.2 Å². The number of carboxylic acids is 1. The SMILES string of the molecule is CC(CNc1nc(CCC(=O)O)cs1)N(C)C. The number of rotatable bonds is 7. The fourth-order valence-electron chi connectivity index (χ4n) is 1.16. The summed E-state index contributed by atoms with van der Waals surface area (Å²) in [6, 6.07) is 0.432. The first kappa shape index (κ1) is 13.9. The van der Waals surface area contributed by atoms with Gasteiger partial charge in [-0.2, -0.15) is 0 Å². The lowest BCUT2D eigenvalue weighted by Gasteiger charge is -2.19. The summed E-state index contributed by atoms with van der Waals surface area (Å²) in [5.74, 6) is -0.784. The fourth-order valence-corrected chi connectivity index (χ4v) is 1.91. The van der Waals surface area contributed by atoms with Crippen LogP contribution in [0.15, 0.2) is 5.38 Å². The number of aromatic nitrogens is 1. The summed E-state index contributed by atoms with van der Waals surface area (Å²) < 4.78 is 0. The minimum atomic E-state index is -0.784. The Morgan fingerprint density at radius 3 is 2.94 bits per heavy atom. The zero-order valence-corrected chi connectivity index (χ0v) is 11.3. The summed E-state index contributed by atoms with van der Waals surface area (Å²) in [7, 11) is 4.07. The van der Waals surface area contributed by atoms with E-state index < -0.39 is 5.97 Å². The molecule has 0 aromatic carbocycles. The van der Waals surface area contributed by atoms with Gasteiger partial charge >= 0.3 is 5.97 Å². The lowest BCUT2D eigenvalue weighted by atomic mass is 10.2. The first-order valence-corrected chi connectivity index (χ1v) is 6.43. The van der Waals surface area contributed by atoms with E-state index in [0.717, 1.165) is 17.4 Å². The summed E-state index contributed by atoms with van der Waals surface area (Å²) in [6.07, 6.45) is 0.633. The average Bonchev–Trinajstić information content (AvgIpc) is 2.70. The Labute approximate surface area is 105 Å². The maximum Gasteiger partial charge on any atom is 0.303 e. The summed E-state index contributed by atoms with van der Waals surface area (Å²) in [5.41, 5.74) is 0.845. The maximum atomic E-state index is 10.4. The molecule has 0 saturated carbocycles. The highest BCUT2D eigenvalue weighted by Crippen LogP contribution is 2.16. The summed E-state index contributed by atoms with van der Waals surface area (Å²) in [4.78, 5) is 16.9. The van der Waals surface area contributed by atoms with Crippen LogP contribution in [0.4, 0.5) is 5.13 Å². The van der Waals surface area contributed by atoms with E-state index in [1.165, 1.54) is 11.3 Å². The van der Waals surface area contributed by atoms with Crippen molar-refractivity contribution >= 4 is 22.4 Å². The molecule has 96 valence electrons. The van der Waals surface area contributed by atoms with Gasteiger partial charge in [0, 0.05) is 24.4 Å². The van der Waals surface area contributed by atoms with Gasteiger partial charge in [-0.05, 0) is 21.0 Å². The third kappa shape index (κ3) is 5.14. The Hall–Kier alpha value is -1.14. The molecule has 1 atom stereocenters. The molecule has 0 saturated heterocycles. The topological polar surface area (TPSA) is 65.5 Å². The van der Waals surface area contributed by atoms with E-state index in [1.54, 1.807) is 0 Å². The number of nitrogens with one attached hydrogen (secondary N) is 1. The normalized spacial score (nSPS) is 12.7. The van der Waals surface area contributed by atoms with Crippen LogP contribution >= 0.6 is 11.3 Å². The number of carboxylic acid groups (broad SMARTS) is 1. The van der Waals surface area contributed by atoms with E-state index in [9.17, 15) is 4.79 Å². The van der Waals surface area contributed by atoms with Crippen molar-refractivity contribution in [2.75, 3.05) is 26.0 Å². The molecule has 0 amide bonds. The number of carbonyl (C=O) groups is 1. The highest BCUT2D eigenvalue weighted by Gasteiger charge is 2.07. The first-order valence-electron chi connectivity index (χ1n) is 5.55. The van der Waals surface area contributed by atoms with Gasteiger partial charge in [-0.25, -0.2) is 4.98 Å². The van der Waals surface area contributed by atoms with Crippen LogP contribution in [-0.4, -0.2) is 47.6 Å². The maximum absolute atomic E-state index is 10.4. The Kier molecular flexibility index (Phi) is 5.37. The number of aryl methyl sites for hydroxylation is 1. The molecule has 0 aliphatic carbocycles.